The van der Waals surface area contributed by atoms with Gasteiger partial charge in [-0.15, -0.1) is 0 Å². The van der Waals surface area contributed by atoms with Gasteiger partial charge in [-0.1, -0.05) is 12.1 Å². The molecule has 0 unspecified atom stereocenters. The van der Waals surface area contributed by atoms with Gasteiger partial charge in [-0.05, 0) is 50.1 Å². The second kappa shape index (κ2) is 4.00. The summed E-state index contributed by atoms with van der Waals surface area (Å²) in [6, 6.07) is 8.50. The molecule has 0 aliphatic carbocycles. The van der Waals surface area contributed by atoms with Crippen LogP contribution in [0.1, 0.15) is 22.5 Å². The Balaban J connectivity index is 2.15. The molecule has 1 N–H and O–H groups in total. The van der Waals surface area contributed by atoms with E-state index >= 15 is 0 Å². The van der Waals surface area contributed by atoms with Crippen LogP contribution in [0.25, 0.3) is 5.69 Å². The molecule has 2 heterocycles. The lowest BCUT2D eigenvalue weighted by Gasteiger charge is -2.15. The SMILES string of the molecule is Cc1cccc(-n2nc(C)c3c2CNCC3)c1. The average molecular weight is 227 g/mol. The van der Waals surface area contributed by atoms with E-state index in [1.807, 2.05) is 0 Å². The van der Waals surface area contributed by atoms with Gasteiger partial charge in [0.1, 0.15) is 0 Å². The number of rotatable bonds is 1. The van der Waals surface area contributed by atoms with Crippen molar-refractivity contribution < 1.29 is 0 Å². The van der Waals surface area contributed by atoms with Crippen LogP contribution in [0.5, 0.6) is 0 Å². The third-order valence-corrected chi connectivity index (χ3v) is 3.38. The van der Waals surface area contributed by atoms with Crippen molar-refractivity contribution in [1.29, 1.82) is 0 Å². The van der Waals surface area contributed by atoms with Crippen LogP contribution in [0.4, 0.5) is 0 Å². The molecular formula is C14H17N3. The molecule has 1 aliphatic rings. The largest absolute Gasteiger partial charge is 0.311 e. The van der Waals surface area contributed by atoms with Gasteiger partial charge in [0.2, 0.25) is 0 Å². The molecule has 3 rings (SSSR count). The van der Waals surface area contributed by atoms with Crippen molar-refractivity contribution >= 4 is 0 Å². The minimum absolute atomic E-state index is 0.921. The maximum Gasteiger partial charge on any atom is 0.0652 e. The van der Waals surface area contributed by atoms with Crippen molar-refractivity contribution in [3.8, 4) is 5.69 Å². The zero-order chi connectivity index (χ0) is 11.8. The minimum Gasteiger partial charge on any atom is -0.311 e. The second-order valence-electron chi connectivity index (χ2n) is 4.69. The summed E-state index contributed by atoms with van der Waals surface area (Å²) in [7, 11) is 0. The minimum atomic E-state index is 0.921. The molecule has 88 valence electrons. The van der Waals surface area contributed by atoms with Crippen molar-refractivity contribution in [2.75, 3.05) is 6.54 Å². The molecule has 1 aromatic carbocycles. The lowest BCUT2D eigenvalue weighted by atomic mass is 10.1. The zero-order valence-corrected chi connectivity index (χ0v) is 10.3. The lowest BCUT2D eigenvalue weighted by molar-refractivity contribution is 0.614. The maximum atomic E-state index is 4.68. The quantitative estimate of drug-likeness (QED) is 0.809. The molecule has 1 aliphatic heterocycles. The normalized spacial score (nSPS) is 14.7. The highest BCUT2D eigenvalue weighted by Crippen LogP contribution is 2.21. The fourth-order valence-corrected chi connectivity index (χ4v) is 2.51. The molecule has 0 bridgehead atoms. The van der Waals surface area contributed by atoms with Gasteiger partial charge in [0.05, 0.1) is 17.1 Å². The highest BCUT2D eigenvalue weighted by molar-refractivity contribution is 5.40. The van der Waals surface area contributed by atoms with E-state index in [2.05, 4.69) is 53.2 Å². The Labute approximate surface area is 101 Å². The first-order chi connectivity index (χ1) is 8.25. The Bertz CT molecular complexity index is 555. The van der Waals surface area contributed by atoms with E-state index in [1.165, 1.54) is 22.5 Å². The smallest absolute Gasteiger partial charge is 0.0652 e. The summed E-state index contributed by atoms with van der Waals surface area (Å²) in [5.41, 5.74) is 6.35. The molecule has 3 heteroatoms. The molecule has 1 aromatic heterocycles. The van der Waals surface area contributed by atoms with Crippen molar-refractivity contribution in [3.63, 3.8) is 0 Å². The second-order valence-corrected chi connectivity index (χ2v) is 4.69. The maximum absolute atomic E-state index is 4.68. The molecule has 0 atom stereocenters. The van der Waals surface area contributed by atoms with Crippen molar-refractivity contribution in [1.82, 2.24) is 15.1 Å². The van der Waals surface area contributed by atoms with E-state index in [0.717, 1.165) is 25.2 Å². The van der Waals surface area contributed by atoms with Crippen molar-refractivity contribution in [2.24, 2.45) is 0 Å². The van der Waals surface area contributed by atoms with Crippen LogP contribution in [0, 0.1) is 13.8 Å². The van der Waals surface area contributed by atoms with E-state index in [0.29, 0.717) is 0 Å². The van der Waals surface area contributed by atoms with Gasteiger partial charge < -0.3 is 5.32 Å². The number of aromatic nitrogens is 2. The molecule has 0 saturated carbocycles. The summed E-state index contributed by atoms with van der Waals surface area (Å²) < 4.78 is 2.09. The topological polar surface area (TPSA) is 29.9 Å². The number of fused-ring (bicyclic) bond motifs is 1. The Morgan fingerprint density at radius 1 is 1.29 bits per heavy atom. The Morgan fingerprint density at radius 3 is 3.00 bits per heavy atom. The number of benzene rings is 1. The number of aryl methyl sites for hydroxylation is 2. The average Bonchev–Trinajstić information content (AvgIpc) is 2.68. The first-order valence-electron chi connectivity index (χ1n) is 6.11. The van der Waals surface area contributed by atoms with E-state index in [-0.39, 0.29) is 0 Å². The van der Waals surface area contributed by atoms with Crippen LogP contribution >= 0.6 is 0 Å². The Kier molecular flexibility index (Phi) is 2.48. The van der Waals surface area contributed by atoms with Crippen LogP contribution in [0.2, 0.25) is 0 Å². The highest BCUT2D eigenvalue weighted by atomic mass is 15.3. The van der Waals surface area contributed by atoms with E-state index in [4.69, 9.17) is 0 Å². The first kappa shape index (κ1) is 10.5. The number of nitrogens with zero attached hydrogens (tertiary/aromatic N) is 2. The Hall–Kier alpha value is -1.61. The third-order valence-electron chi connectivity index (χ3n) is 3.38. The Morgan fingerprint density at radius 2 is 2.18 bits per heavy atom. The zero-order valence-electron chi connectivity index (χ0n) is 10.3. The summed E-state index contributed by atoms with van der Waals surface area (Å²) in [4.78, 5) is 0. The van der Waals surface area contributed by atoms with Gasteiger partial charge in [-0.25, -0.2) is 4.68 Å². The monoisotopic (exact) mass is 227 g/mol. The van der Waals surface area contributed by atoms with E-state index in [9.17, 15) is 0 Å². The van der Waals surface area contributed by atoms with Gasteiger partial charge in [-0.2, -0.15) is 5.10 Å². The standard InChI is InChI=1S/C14H17N3/c1-10-4-3-5-12(8-10)17-14-9-15-7-6-13(14)11(2)16-17/h3-5,8,15H,6-7,9H2,1-2H3. The molecule has 0 radical (unpaired) electrons. The predicted octanol–water partition coefficient (Wildman–Crippen LogP) is 2.13. The van der Waals surface area contributed by atoms with Crippen LogP contribution in [0.15, 0.2) is 24.3 Å². The van der Waals surface area contributed by atoms with Gasteiger partial charge in [0.15, 0.2) is 0 Å². The molecule has 2 aromatic rings. The van der Waals surface area contributed by atoms with Crippen LogP contribution in [-0.4, -0.2) is 16.3 Å². The molecule has 0 amide bonds. The third kappa shape index (κ3) is 1.76. The van der Waals surface area contributed by atoms with Gasteiger partial charge in [0, 0.05) is 6.54 Å². The van der Waals surface area contributed by atoms with Gasteiger partial charge in [-0.3, -0.25) is 0 Å². The summed E-state index contributed by atoms with van der Waals surface area (Å²) in [6.07, 6.45) is 1.09. The number of nitrogens with one attached hydrogen (secondary N) is 1. The van der Waals surface area contributed by atoms with Crippen molar-refractivity contribution in [2.45, 2.75) is 26.8 Å². The van der Waals surface area contributed by atoms with Crippen LogP contribution in [0.3, 0.4) is 0 Å². The van der Waals surface area contributed by atoms with E-state index in [1.54, 1.807) is 0 Å². The van der Waals surface area contributed by atoms with E-state index < -0.39 is 0 Å². The number of hydrogen-bond donors (Lipinski definition) is 1. The van der Waals surface area contributed by atoms with Gasteiger partial charge >= 0.3 is 0 Å². The summed E-state index contributed by atoms with van der Waals surface area (Å²) >= 11 is 0. The van der Waals surface area contributed by atoms with Crippen LogP contribution < -0.4 is 5.32 Å². The molecule has 17 heavy (non-hydrogen) atoms. The van der Waals surface area contributed by atoms with Crippen molar-refractivity contribution in [3.05, 3.63) is 46.8 Å². The summed E-state index contributed by atoms with van der Waals surface area (Å²) in [5, 5.41) is 8.10. The number of hydrogen-bond acceptors (Lipinski definition) is 2. The molecule has 3 nitrogen and oxygen atoms in total. The van der Waals surface area contributed by atoms with Crippen LogP contribution in [-0.2, 0) is 13.0 Å². The molecule has 0 fully saturated rings. The summed E-state index contributed by atoms with van der Waals surface area (Å²) in [5.74, 6) is 0. The highest BCUT2D eigenvalue weighted by Gasteiger charge is 2.18. The first-order valence-corrected chi connectivity index (χ1v) is 6.11. The molecular weight excluding hydrogens is 210 g/mol. The lowest BCUT2D eigenvalue weighted by Crippen LogP contribution is -2.25. The van der Waals surface area contributed by atoms with Gasteiger partial charge in [0.25, 0.3) is 0 Å². The summed E-state index contributed by atoms with van der Waals surface area (Å²) in [6.45, 7) is 6.21. The predicted molar refractivity (Wildman–Crippen MR) is 68.4 cm³/mol. The molecule has 0 spiro atoms. The molecule has 0 saturated heterocycles. The fourth-order valence-electron chi connectivity index (χ4n) is 2.51. The fraction of sp³-hybridized carbons (Fsp3) is 0.357.